The van der Waals surface area contributed by atoms with Gasteiger partial charge in [-0.25, -0.2) is 4.68 Å². The van der Waals surface area contributed by atoms with E-state index in [0.29, 0.717) is 33.6 Å². The fourth-order valence-corrected chi connectivity index (χ4v) is 4.22. The molecule has 0 bridgehead atoms. The summed E-state index contributed by atoms with van der Waals surface area (Å²) in [7, 11) is 1.54. The third kappa shape index (κ3) is 5.88. The number of ether oxygens (including phenoxy) is 1. The van der Waals surface area contributed by atoms with E-state index in [0.717, 1.165) is 0 Å². The summed E-state index contributed by atoms with van der Waals surface area (Å²) >= 11 is 0. The topological polar surface area (TPSA) is 106 Å². The van der Waals surface area contributed by atoms with Crippen molar-refractivity contribution in [1.29, 1.82) is 0 Å². The Bertz CT molecular complexity index is 1490. The van der Waals surface area contributed by atoms with E-state index in [-0.39, 0.29) is 18.2 Å². The number of aromatic nitrogens is 3. The molecule has 9 heteroatoms. The molecule has 3 aromatic carbocycles. The number of hydrogen-bond donors (Lipinski definition) is 1. The van der Waals surface area contributed by atoms with Crippen LogP contribution in [0.3, 0.4) is 0 Å². The Hall–Kier alpha value is -4.53. The van der Waals surface area contributed by atoms with Crippen LogP contribution in [-0.2, 0) is 16.1 Å². The number of nitrogens with one attached hydrogen (secondary N) is 1. The maximum absolute atomic E-state index is 14.1. The highest BCUT2D eigenvalue weighted by atomic mass is 16.5. The van der Waals surface area contributed by atoms with Gasteiger partial charge in [-0.1, -0.05) is 41.6 Å². The quantitative estimate of drug-likeness (QED) is 0.352. The van der Waals surface area contributed by atoms with Crippen molar-refractivity contribution in [2.45, 2.75) is 45.8 Å². The van der Waals surface area contributed by atoms with Crippen LogP contribution in [0.25, 0.3) is 11.0 Å². The Morgan fingerprint density at radius 1 is 1.00 bits per heavy atom. The summed E-state index contributed by atoms with van der Waals surface area (Å²) in [6.45, 7) is 6.90. The molecule has 38 heavy (non-hydrogen) atoms. The van der Waals surface area contributed by atoms with Crippen molar-refractivity contribution in [3.05, 3.63) is 83.9 Å². The molecule has 0 saturated heterocycles. The minimum Gasteiger partial charge on any atom is -0.497 e. The van der Waals surface area contributed by atoms with Crippen LogP contribution in [0.1, 0.15) is 49.7 Å². The number of anilines is 1. The maximum Gasteiger partial charge on any atom is 0.249 e. The number of hydrogen-bond acceptors (Lipinski definition) is 6. The predicted molar refractivity (Wildman–Crippen MR) is 145 cm³/mol. The van der Waals surface area contributed by atoms with Gasteiger partial charge in [0.1, 0.15) is 23.9 Å². The van der Waals surface area contributed by atoms with Crippen LogP contribution >= 0.6 is 0 Å². The molecular formula is C29H31N5O4. The third-order valence-electron chi connectivity index (χ3n) is 5.92. The first kappa shape index (κ1) is 26.5. The molecule has 1 atom stereocenters. The standard InChI is InChI=1S/C29H31N5O4/c1-19(35)20-10-8-12-22(16-20)34(26(36)18-33-25-15-7-6-14-24(25)31-32-33)27(28(37)30-29(2,3)4)21-11-9-13-23(17-21)38-5/h6-17,27H,18H2,1-5H3,(H,30,37)/t27-/m1/s1. The summed E-state index contributed by atoms with van der Waals surface area (Å²) in [5.74, 6) is -0.393. The summed E-state index contributed by atoms with van der Waals surface area (Å²) in [6, 6.07) is 20.0. The van der Waals surface area contributed by atoms with Crippen molar-refractivity contribution in [3.63, 3.8) is 0 Å². The molecule has 1 heterocycles. The molecule has 196 valence electrons. The first-order valence-electron chi connectivity index (χ1n) is 12.2. The van der Waals surface area contributed by atoms with Gasteiger partial charge in [0.25, 0.3) is 0 Å². The van der Waals surface area contributed by atoms with Gasteiger partial charge in [-0.15, -0.1) is 5.10 Å². The summed E-state index contributed by atoms with van der Waals surface area (Å²) in [5, 5.41) is 11.3. The van der Waals surface area contributed by atoms with Gasteiger partial charge in [-0.3, -0.25) is 19.3 Å². The van der Waals surface area contributed by atoms with Gasteiger partial charge in [0.05, 0.1) is 12.6 Å². The number of ketones is 1. The van der Waals surface area contributed by atoms with E-state index in [1.54, 1.807) is 55.6 Å². The molecule has 0 saturated carbocycles. The highest BCUT2D eigenvalue weighted by Crippen LogP contribution is 2.31. The minimum absolute atomic E-state index is 0.154. The van der Waals surface area contributed by atoms with Crippen LogP contribution in [-0.4, -0.2) is 45.2 Å². The van der Waals surface area contributed by atoms with Gasteiger partial charge in [-0.05, 0) is 69.7 Å². The molecular weight excluding hydrogens is 482 g/mol. The maximum atomic E-state index is 14.1. The van der Waals surface area contributed by atoms with E-state index in [4.69, 9.17) is 4.74 Å². The zero-order valence-electron chi connectivity index (χ0n) is 22.1. The first-order valence-corrected chi connectivity index (χ1v) is 12.2. The molecule has 0 aliphatic carbocycles. The first-order chi connectivity index (χ1) is 18.1. The highest BCUT2D eigenvalue weighted by Gasteiger charge is 2.35. The van der Waals surface area contributed by atoms with Crippen LogP contribution in [0.15, 0.2) is 72.8 Å². The number of Topliss-reactive ketones (excluding diaryl/α,β-unsaturated/α-hetero) is 1. The van der Waals surface area contributed by atoms with Crippen molar-refractivity contribution in [2.24, 2.45) is 0 Å². The Balaban J connectivity index is 1.87. The van der Waals surface area contributed by atoms with Crippen molar-refractivity contribution in [3.8, 4) is 5.75 Å². The SMILES string of the molecule is COc1cccc([C@H](C(=O)NC(C)(C)C)N(C(=O)Cn2nnc3ccccc32)c2cccc(C(C)=O)c2)c1. The molecule has 0 aliphatic heterocycles. The summed E-state index contributed by atoms with van der Waals surface area (Å²) in [6.07, 6.45) is 0. The number of methoxy groups -OCH3 is 1. The largest absolute Gasteiger partial charge is 0.497 e. The number of rotatable bonds is 8. The molecule has 0 radical (unpaired) electrons. The summed E-state index contributed by atoms with van der Waals surface area (Å²) in [4.78, 5) is 41.6. The predicted octanol–water partition coefficient (Wildman–Crippen LogP) is 4.33. The molecule has 2 amide bonds. The lowest BCUT2D eigenvalue weighted by Crippen LogP contribution is -2.50. The molecule has 1 aromatic heterocycles. The number of carbonyl (C=O) groups is 3. The zero-order valence-corrected chi connectivity index (χ0v) is 22.1. The van der Waals surface area contributed by atoms with Crippen LogP contribution < -0.4 is 15.0 Å². The van der Waals surface area contributed by atoms with Crippen molar-refractivity contribution >= 4 is 34.3 Å². The van der Waals surface area contributed by atoms with E-state index < -0.39 is 17.5 Å². The van der Waals surface area contributed by atoms with Crippen LogP contribution in [0, 0.1) is 0 Å². The average molecular weight is 514 g/mol. The molecule has 1 N–H and O–H groups in total. The molecule has 9 nitrogen and oxygen atoms in total. The zero-order chi connectivity index (χ0) is 27.4. The van der Waals surface area contributed by atoms with Crippen molar-refractivity contribution in [2.75, 3.05) is 12.0 Å². The van der Waals surface area contributed by atoms with E-state index in [9.17, 15) is 14.4 Å². The summed E-state index contributed by atoms with van der Waals surface area (Å²) in [5.41, 5.74) is 2.16. The highest BCUT2D eigenvalue weighted by molar-refractivity contribution is 6.03. The Kier molecular flexibility index (Phi) is 7.57. The lowest BCUT2D eigenvalue weighted by Gasteiger charge is -2.34. The van der Waals surface area contributed by atoms with Gasteiger partial charge < -0.3 is 10.1 Å². The fourth-order valence-electron chi connectivity index (χ4n) is 4.22. The molecule has 0 aliphatic rings. The number of nitrogens with zero attached hydrogens (tertiary/aromatic N) is 4. The minimum atomic E-state index is -1.06. The smallest absolute Gasteiger partial charge is 0.249 e. The molecule has 0 unspecified atom stereocenters. The number of amides is 2. The van der Waals surface area contributed by atoms with Gasteiger partial charge in [0.15, 0.2) is 5.78 Å². The summed E-state index contributed by atoms with van der Waals surface area (Å²) < 4.78 is 6.92. The van der Waals surface area contributed by atoms with Gasteiger partial charge in [0.2, 0.25) is 11.8 Å². The number of carbonyl (C=O) groups excluding carboxylic acids is 3. The van der Waals surface area contributed by atoms with Gasteiger partial charge in [0, 0.05) is 16.8 Å². The molecule has 0 spiro atoms. The number of para-hydroxylation sites is 1. The number of benzene rings is 3. The normalized spacial score (nSPS) is 12.1. The van der Waals surface area contributed by atoms with E-state index >= 15 is 0 Å². The Morgan fingerprint density at radius 3 is 2.45 bits per heavy atom. The van der Waals surface area contributed by atoms with E-state index in [1.165, 1.54) is 16.5 Å². The fraction of sp³-hybridized carbons (Fsp3) is 0.276. The van der Waals surface area contributed by atoms with Gasteiger partial charge >= 0.3 is 0 Å². The average Bonchev–Trinajstić information content (AvgIpc) is 3.28. The molecule has 0 fully saturated rings. The van der Waals surface area contributed by atoms with Crippen molar-refractivity contribution < 1.29 is 19.1 Å². The van der Waals surface area contributed by atoms with Crippen LogP contribution in [0.5, 0.6) is 5.75 Å². The second kappa shape index (κ2) is 10.8. The van der Waals surface area contributed by atoms with Crippen LogP contribution in [0.2, 0.25) is 0 Å². The molecule has 4 aromatic rings. The third-order valence-corrected chi connectivity index (χ3v) is 5.92. The van der Waals surface area contributed by atoms with Crippen molar-refractivity contribution in [1.82, 2.24) is 20.3 Å². The van der Waals surface area contributed by atoms with E-state index in [1.807, 2.05) is 45.0 Å². The molecule has 4 rings (SSSR count). The van der Waals surface area contributed by atoms with Crippen LogP contribution in [0.4, 0.5) is 5.69 Å². The lowest BCUT2D eigenvalue weighted by molar-refractivity contribution is -0.128. The number of fused-ring (bicyclic) bond motifs is 1. The second-order valence-electron chi connectivity index (χ2n) is 10.0. The van der Waals surface area contributed by atoms with E-state index in [2.05, 4.69) is 15.6 Å². The monoisotopic (exact) mass is 513 g/mol. The Labute approximate surface area is 221 Å². The second-order valence-corrected chi connectivity index (χ2v) is 10.0. The Morgan fingerprint density at radius 2 is 1.74 bits per heavy atom. The van der Waals surface area contributed by atoms with Gasteiger partial charge in [-0.2, -0.15) is 0 Å². The lowest BCUT2D eigenvalue weighted by atomic mass is 9.99.